The number of nitrogens with one attached hydrogen (secondary N) is 2. The highest BCUT2D eigenvalue weighted by Gasteiger charge is 2.14. The molecule has 2 aromatic rings. The van der Waals surface area contributed by atoms with E-state index in [0.717, 1.165) is 37.2 Å². The zero-order valence-corrected chi connectivity index (χ0v) is 11.3. The fraction of sp³-hybridized carbons (Fsp3) is 0.583. The Morgan fingerprint density at radius 1 is 1.42 bits per heavy atom. The van der Waals surface area contributed by atoms with Gasteiger partial charge in [0.15, 0.2) is 5.65 Å². The fourth-order valence-electron chi connectivity index (χ4n) is 2.33. The van der Waals surface area contributed by atoms with E-state index < -0.39 is 0 Å². The Labute approximate surface area is 115 Å². The van der Waals surface area contributed by atoms with Gasteiger partial charge in [-0.2, -0.15) is 15.1 Å². The van der Waals surface area contributed by atoms with Crippen molar-refractivity contribution in [3.8, 4) is 0 Å². The zero-order chi connectivity index (χ0) is 13.1. The Morgan fingerprint density at radius 3 is 3.21 bits per heavy atom. The van der Waals surface area contributed by atoms with Gasteiger partial charge in [0.2, 0.25) is 5.28 Å². The SMILES string of the molecule is Clc1nc(NCCC2CCCCO2)c2cn[nH]c2n1. The van der Waals surface area contributed by atoms with Gasteiger partial charge in [0.05, 0.1) is 17.7 Å². The lowest BCUT2D eigenvalue weighted by molar-refractivity contribution is 0.0134. The molecule has 1 atom stereocenters. The molecule has 0 bridgehead atoms. The largest absolute Gasteiger partial charge is 0.378 e. The van der Waals surface area contributed by atoms with Gasteiger partial charge >= 0.3 is 0 Å². The third-order valence-corrected chi connectivity index (χ3v) is 3.48. The Balaban J connectivity index is 1.63. The van der Waals surface area contributed by atoms with Crippen molar-refractivity contribution < 1.29 is 4.74 Å². The molecule has 1 fully saturated rings. The van der Waals surface area contributed by atoms with Gasteiger partial charge in [0.25, 0.3) is 0 Å². The molecule has 1 unspecified atom stereocenters. The van der Waals surface area contributed by atoms with Crippen LogP contribution in [0.3, 0.4) is 0 Å². The van der Waals surface area contributed by atoms with Crippen LogP contribution in [0.5, 0.6) is 0 Å². The molecule has 102 valence electrons. The van der Waals surface area contributed by atoms with Crippen LogP contribution in [0.25, 0.3) is 11.0 Å². The van der Waals surface area contributed by atoms with Crippen molar-refractivity contribution in [2.75, 3.05) is 18.5 Å². The van der Waals surface area contributed by atoms with Crippen LogP contribution in [-0.4, -0.2) is 39.4 Å². The van der Waals surface area contributed by atoms with Gasteiger partial charge in [-0.05, 0) is 37.3 Å². The lowest BCUT2D eigenvalue weighted by Gasteiger charge is -2.22. The molecule has 0 radical (unpaired) electrons. The van der Waals surface area contributed by atoms with Gasteiger partial charge in [-0.15, -0.1) is 0 Å². The zero-order valence-electron chi connectivity index (χ0n) is 10.5. The minimum Gasteiger partial charge on any atom is -0.378 e. The van der Waals surface area contributed by atoms with Gasteiger partial charge in [0, 0.05) is 13.2 Å². The minimum absolute atomic E-state index is 0.216. The van der Waals surface area contributed by atoms with Crippen molar-refractivity contribution in [1.29, 1.82) is 0 Å². The maximum Gasteiger partial charge on any atom is 0.226 e. The standard InChI is InChI=1S/C12H16ClN5O/c13-12-16-10(9-7-15-18-11(9)17-12)14-5-4-8-3-1-2-6-19-8/h7-8H,1-6H2,(H2,14,15,16,17,18). The molecular weight excluding hydrogens is 266 g/mol. The molecule has 1 aliphatic heterocycles. The fourth-order valence-corrected chi connectivity index (χ4v) is 2.50. The molecule has 0 aliphatic carbocycles. The van der Waals surface area contributed by atoms with E-state index in [1.807, 2.05) is 0 Å². The van der Waals surface area contributed by atoms with Crippen LogP contribution < -0.4 is 5.32 Å². The van der Waals surface area contributed by atoms with E-state index in [-0.39, 0.29) is 5.28 Å². The second kappa shape index (κ2) is 5.71. The van der Waals surface area contributed by atoms with Gasteiger partial charge in [-0.25, -0.2) is 0 Å². The molecule has 1 saturated heterocycles. The molecule has 3 heterocycles. The van der Waals surface area contributed by atoms with Crippen LogP contribution in [-0.2, 0) is 4.74 Å². The molecule has 6 nitrogen and oxygen atoms in total. The lowest BCUT2D eigenvalue weighted by Crippen LogP contribution is -2.22. The van der Waals surface area contributed by atoms with Gasteiger partial charge in [0.1, 0.15) is 5.82 Å². The molecule has 1 aliphatic rings. The normalized spacial score (nSPS) is 19.7. The van der Waals surface area contributed by atoms with E-state index in [1.54, 1.807) is 6.20 Å². The number of ether oxygens (including phenoxy) is 1. The number of aromatic amines is 1. The third-order valence-electron chi connectivity index (χ3n) is 3.32. The number of hydrogen-bond donors (Lipinski definition) is 2. The Morgan fingerprint density at radius 2 is 2.37 bits per heavy atom. The molecule has 0 spiro atoms. The summed E-state index contributed by atoms with van der Waals surface area (Å²) in [5.41, 5.74) is 0.649. The minimum atomic E-state index is 0.216. The van der Waals surface area contributed by atoms with Crippen LogP contribution in [0.15, 0.2) is 6.20 Å². The topological polar surface area (TPSA) is 75.7 Å². The van der Waals surface area contributed by atoms with Crippen molar-refractivity contribution in [3.05, 3.63) is 11.5 Å². The molecule has 19 heavy (non-hydrogen) atoms. The summed E-state index contributed by atoms with van der Waals surface area (Å²) in [7, 11) is 0. The highest BCUT2D eigenvalue weighted by atomic mass is 35.5. The smallest absolute Gasteiger partial charge is 0.226 e. The van der Waals surface area contributed by atoms with Crippen LogP contribution in [0.4, 0.5) is 5.82 Å². The summed E-state index contributed by atoms with van der Waals surface area (Å²) in [5, 5.41) is 11.1. The molecule has 3 rings (SSSR count). The van der Waals surface area contributed by atoms with Crippen molar-refractivity contribution in [1.82, 2.24) is 20.2 Å². The summed E-state index contributed by atoms with van der Waals surface area (Å²) in [6.07, 6.45) is 6.62. The molecule has 2 aromatic heterocycles. The molecule has 0 amide bonds. The molecule has 2 N–H and O–H groups in total. The van der Waals surface area contributed by atoms with Crippen LogP contribution in [0.2, 0.25) is 5.28 Å². The average Bonchev–Trinajstić information content (AvgIpc) is 2.88. The first-order chi connectivity index (χ1) is 9.33. The van der Waals surface area contributed by atoms with Crippen LogP contribution >= 0.6 is 11.6 Å². The number of halogens is 1. The number of fused-ring (bicyclic) bond motifs is 1. The van der Waals surface area contributed by atoms with E-state index in [0.29, 0.717) is 11.8 Å². The van der Waals surface area contributed by atoms with E-state index >= 15 is 0 Å². The van der Waals surface area contributed by atoms with Gasteiger partial charge < -0.3 is 10.1 Å². The maximum atomic E-state index is 5.87. The van der Waals surface area contributed by atoms with Crippen molar-refractivity contribution in [2.45, 2.75) is 31.8 Å². The van der Waals surface area contributed by atoms with E-state index in [2.05, 4.69) is 25.5 Å². The Hall–Kier alpha value is -1.40. The Kier molecular flexibility index (Phi) is 3.79. The summed E-state index contributed by atoms with van der Waals surface area (Å²) in [6.45, 7) is 1.69. The first-order valence-corrected chi connectivity index (χ1v) is 6.93. The third kappa shape index (κ3) is 2.96. The summed E-state index contributed by atoms with van der Waals surface area (Å²) in [6, 6.07) is 0. The van der Waals surface area contributed by atoms with Crippen molar-refractivity contribution >= 4 is 28.5 Å². The maximum absolute atomic E-state index is 5.87. The van der Waals surface area contributed by atoms with E-state index in [1.165, 1.54) is 12.8 Å². The summed E-state index contributed by atoms with van der Waals surface area (Å²) >= 11 is 5.87. The summed E-state index contributed by atoms with van der Waals surface area (Å²) in [4.78, 5) is 8.26. The lowest BCUT2D eigenvalue weighted by atomic mass is 10.1. The first-order valence-electron chi connectivity index (χ1n) is 6.55. The number of rotatable bonds is 4. The van der Waals surface area contributed by atoms with Gasteiger partial charge in [-0.3, -0.25) is 5.10 Å². The van der Waals surface area contributed by atoms with Gasteiger partial charge in [-0.1, -0.05) is 0 Å². The van der Waals surface area contributed by atoms with Crippen LogP contribution in [0, 0.1) is 0 Å². The second-order valence-electron chi connectivity index (χ2n) is 4.68. The Bertz CT molecular complexity index is 552. The first kappa shape index (κ1) is 12.6. The monoisotopic (exact) mass is 281 g/mol. The second-order valence-corrected chi connectivity index (χ2v) is 5.02. The number of anilines is 1. The average molecular weight is 282 g/mol. The highest BCUT2D eigenvalue weighted by molar-refractivity contribution is 6.28. The predicted octanol–water partition coefficient (Wildman–Crippen LogP) is 2.38. The molecule has 0 saturated carbocycles. The van der Waals surface area contributed by atoms with E-state index in [4.69, 9.17) is 16.3 Å². The summed E-state index contributed by atoms with van der Waals surface area (Å²) in [5.74, 6) is 0.722. The number of nitrogens with zero attached hydrogens (tertiary/aromatic N) is 3. The quantitative estimate of drug-likeness (QED) is 0.842. The number of hydrogen-bond acceptors (Lipinski definition) is 5. The van der Waals surface area contributed by atoms with Crippen LogP contribution in [0.1, 0.15) is 25.7 Å². The summed E-state index contributed by atoms with van der Waals surface area (Å²) < 4.78 is 5.69. The molecule has 7 heteroatoms. The predicted molar refractivity (Wildman–Crippen MR) is 73.4 cm³/mol. The van der Waals surface area contributed by atoms with Crippen molar-refractivity contribution in [3.63, 3.8) is 0 Å². The number of H-pyrrole nitrogens is 1. The molecular formula is C12H16ClN5O. The highest BCUT2D eigenvalue weighted by Crippen LogP contribution is 2.21. The number of aromatic nitrogens is 4. The molecule has 0 aromatic carbocycles. The van der Waals surface area contributed by atoms with Crippen molar-refractivity contribution in [2.24, 2.45) is 0 Å². The van der Waals surface area contributed by atoms with E-state index in [9.17, 15) is 0 Å².